The van der Waals surface area contributed by atoms with E-state index in [1.165, 1.54) is 0 Å². The van der Waals surface area contributed by atoms with Gasteiger partial charge in [0.2, 0.25) is 11.8 Å². The minimum Gasteiger partial charge on any atom is -0.369 e. The molecule has 4 N–H and O–H groups in total. The molecule has 1 aliphatic carbocycles. The molecule has 2 amide bonds. The number of amides is 2. The van der Waals surface area contributed by atoms with E-state index in [4.69, 9.17) is 10.5 Å². The molecule has 0 radical (unpaired) electrons. The summed E-state index contributed by atoms with van der Waals surface area (Å²) in [6.07, 6.45) is 4.94. The zero-order valence-corrected chi connectivity index (χ0v) is 16.4. The zero-order valence-electron chi connectivity index (χ0n) is 16.4. The lowest BCUT2D eigenvalue weighted by Crippen LogP contribution is -2.60. The van der Waals surface area contributed by atoms with Crippen molar-refractivity contribution in [3.8, 4) is 0 Å². The molecule has 8 nitrogen and oxygen atoms in total. The van der Waals surface area contributed by atoms with Gasteiger partial charge in [-0.25, -0.2) is 4.98 Å². The molecule has 3 aliphatic heterocycles. The van der Waals surface area contributed by atoms with Gasteiger partial charge in [-0.3, -0.25) is 9.59 Å². The van der Waals surface area contributed by atoms with Crippen LogP contribution in [0.2, 0.25) is 0 Å². The number of nitrogens with two attached hydrogens (primary N) is 1. The summed E-state index contributed by atoms with van der Waals surface area (Å²) in [6.45, 7) is 2.66. The third-order valence-electron chi connectivity index (χ3n) is 7.13. The molecular formula is C21H27N5O3. The van der Waals surface area contributed by atoms with Crippen LogP contribution in [0, 0.1) is 5.41 Å². The first-order valence-electron chi connectivity index (χ1n) is 10.4. The minimum atomic E-state index is -0.574. The Morgan fingerprint density at radius 3 is 2.76 bits per heavy atom. The topological polar surface area (TPSA) is 111 Å². The van der Waals surface area contributed by atoms with E-state index >= 15 is 0 Å². The molecule has 1 aromatic carbocycles. The number of ether oxygens (including phenoxy) is 1. The average Bonchev–Trinajstić information content (AvgIpc) is 3.31. The molecule has 29 heavy (non-hydrogen) atoms. The van der Waals surface area contributed by atoms with E-state index in [1.54, 1.807) is 6.33 Å². The van der Waals surface area contributed by atoms with Crippen molar-refractivity contribution in [3.05, 3.63) is 30.6 Å². The van der Waals surface area contributed by atoms with Crippen LogP contribution in [-0.4, -0.2) is 52.2 Å². The van der Waals surface area contributed by atoms with Crippen molar-refractivity contribution < 1.29 is 14.3 Å². The van der Waals surface area contributed by atoms with Crippen molar-refractivity contribution in [1.82, 2.24) is 20.2 Å². The number of nitrogens with zero attached hydrogens (tertiary/aromatic N) is 2. The van der Waals surface area contributed by atoms with Crippen molar-refractivity contribution in [2.45, 2.75) is 49.9 Å². The highest BCUT2D eigenvalue weighted by atomic mass is 16.5. The number of hydrogen-bond acceptors (Lipinski definition) is 5. The number of carbonyl (C=O) groups is 2. The molecule has 4 fully saturated rings. The largest absolute Gasteiger partial charge is 0.369 e. The number of carbonyl (C=O) groups excluding carboxylic acids is 2. The SMILES string of the molecule is NC(=O)C12CC(CNC(=O)CCn3cnc4ccccc43)(C1)OC21CCNCC1. The van der Waals surface area contributed by atoms with Gasteiger partial charge in [0.1, 0.15) is 0 Å². The van der Waals surface area contributed by atoms with Gasteiger partial charge in [0.15, 0.2) is 0 Å². The third kappa shape index (κ3) is 2.77. The van der Waals surface area contributed by atoms with E-state index in [-0.39, 0.29) is 11.8 Å². The van der Waals surface area contributed by atoms with Crippen LogP contribution in [0.5, 0.6) is 0 Å². The van der Waals surface area contributed by atoms with Crippen LogP contribution in [0.1, 0.15) is 32.1 Å². The number of rotatable bonds is 6. The number of aromatic nitrogens is 2. The van der Waals surface area contributed by atoms with E-state index in [9.17, 15) is 9.59 Å². The third-order valence-corrected chi connectivity index (χ3v) is 7.13. The Balaban J connectivity index is 1.20. The molecule has 1 spiro atoms. The summed E-state index contributed by atoms with van der Waals surface area (Å²) >= 11 is 0. The number of imidazole rings is 1. The highest BCUT2D eigenvalue weighted by molar-refractivity contribution is 5.85. The number of aryl methyl sites for hydroxylation is 1. The normalized spacial score (nSPS) is 29.7. The maximum atomic E-state index is 12.5. The number of primary amides is 1. The first kappa shape index (κ1) is 18.6. The molecular weight excluding hydrogens is 370 g/mol. The molecule has 0 atom stereocenters. The molecule has 4 heterocycles. The first-order chi connectivity index (χ1) is 14.0. The summed E-state index contributed by atoms with van der Waals surface area (Å²) in [5.41, 5.74) is 6.26. The summed E-state index contributed by atoms with van der Waals surface area (Å²) in [7, 11) is 0. The van der Waals surface area contributed by atoms with Gasteiger partial charge in [0, 0.05) is 19.5 Å². The summed E-state index contributed by atoms with van der Waals surface area (Å²) < 4.78 is 8.49. The Labute approximate surface area is 169 Å². The summed E-state index contributed by atoms with van der Waals surface area (Å²) in [4.78, 5) is 29.1. The van der Waals surface area contributed by atoms with E-state index in [2.05, 4.69) is 15.6 Å². The lowest BCUT2D eigenvalue weighted by Gasteiger charge is -2.47. The molecule has 0 unspecified atom stereocenters. The molecule has 3 saturated heterocycles. The van der Waals surface area contributed by atoms with Gasteiger partial charge < -0.3 is 25.7 Å². The van der Waals surface area contributed by atoms with E-state index in [0.29, 0.717) is 32.4 Å². The Morgan fingerprint density at radius 2 is 2.00 bits per heavy atom. The molecule has 1 aromatic heterocycles. The van der Waals surface area contributed by atoms with Crippen LogP contribution in [0.4, 0.5) is 0 Å². The van der Waals surface area contributed by atoms with Crippen molar-refractivity contribution >= 4 is 22.8 Å². The maximum Gasteiger partial charge on any atom is 0.226 e. The van der Waals surface area contributed by atoms with Crippen LogP contribution in [0.15, 0.2) is 30.6 Å². The van der Waals surface area contributed by atoms with Crippen molar-refractivity contribution in [1.29, 1.82) is 0 Å². The molecule has 2 aromatic rings. The van der Waals surface area contributed by atoms with E-state index in [1.807, 2.05) is 28.8 Å². The Morgan fingerprint density at radius 1 is 1.24 bits per heavy atom. The fraction of sp³-hybridized carbons (Fsp3) is 0.571. The minimum absolute atomic E-state index is 0.0245. The van der Waals surface area contributed by atoms with Gasteiger partial charge in [-0.15, -0.1) is 0 Å². The molecule has 154 valence electrons. The molecule has 1 saturated carbocycles. The quantitative estimate of drug-likeness (QED) is 0.664. The Kier molecular flexibility index (Phi) is 4.18. The number of fused-ring (bicyclic) bond motifs is 1. The zero-order chi connectivity index (χ0) is 20.1. The fourth-order valence-electron chi connectivity index (χ4n) is 5.68. The van der Waals surface area contributed by atoms with Crippen LogP contribution in [-0.2, 0) is 20.9 Å². The maximum absolute atomic E-state index is 12.5. The predicted octanol–water partition coefficient (Wildman–Crippen LogP) is 0.699. The van der Waals surface area contributed by atoms with E-state index < -0.39 is 16.6 Å². The van der Waals surface area contributed by atoms with Gasteiger partial charge in [-0.2, -0.15) is 0 Å². The molecule has 8 heteroatoms. The number of hydrogen-bond donors (Lipinski definition) is 3. The van der Waals surface area contributed by atoms with Crippen LogP contribution in [0.25, 0.3) is 11.0 Å². The lowest BCUT2D eigenvalue weighted by molar-refractivity contribution is -0.137. The van der Waals surface area contributed by atoms with Gasteiger partial charge in [0.25, 0.3) is 0 Å². The van der Waals surface area contributed by atoms with Crippen molar-refractivity contribution in [2.24, 2.45) is 11.1 Å². The van der Waals surface area contributed by atoms with Crippen LogP contribution >= 0.6 is 0 Å². The van der Waals surface area contributed by atoms with Gasteiger partial charge in [0.05, 0.1) is 34.0 Å². The fourth-order valence-corrected chi connectivity index (χ4v) is 5.68. The lowest BCUT2D eigenvalue weighted by atomic mass is 9.53. The van der Waals surface area contributed by atoms with Crippen molar-refractivity contribution in [3.63, 3.8) is 0 Å². The van der Waals surface area contributed by atoms with Gasteiger partial charge >= 0.3 is 0 Å². The van der Waals surface area contributed by atoms with Crippen LogP contribution < -0.4 is 16.4 Å². The highest BCUT2D eigenvalue weighted by Gasteiger charge is 2.77. The van der Waals surface area contributed by atoms with Gasteiger partial charge in [-0.05, 0) is 50.9 Å². The van der Waals surface area contributed by atoms with Crippen LogP contribution in [0.3, 0.4) is 0 Å². The molecule has 2 bridgehead atoms. The Hall–Kier alpha value is -2.45. The highest BCUT2D eigenvalue weighted by Crippen LogP contribution is 2.68. The Bertz CT molecular complexity index is 956. The van der Waals surface area contributed by atoms with Gasteiger partial charge in [-0.1, -0.05) is 12.1 Å². The standard InChI is InChI=1S/C21H27N5O3/c22-18(28)20-11-19(12-20,29-21(20)6-8-23-9-7-21)13-24-17(27)5-10-26-14-25-15-3-1-2-4-16(15)26/h1-4,14,23H,5-13H2,(H2,22,28)(H,24,27). The second kappa shape index (κ2) is 6.53. The summed E-state index contributed by atoms with van der Waals surface area (Å²) in [6, 6.07) is 7.88. The number of piperidine rings is 1. The smallest absolute Gasteiger partial charge is 0.226 e. The van der Waals surface area contributed by atoms with Crippen molar-refractivity contribution in [2.75, 3.05) is 19.6 Å². The summed E-state index contributed by atoms with van der Waals surface area (Å²) in [5, 5.41) is 6.35. The second-order valence-electron chi connectivity index (χ2n) is 8.78. The monoisotopic (exact) mass is 397 g/mol. The molecule has 4 aliphatic rings. The average molecular weight is 397 g/mol. The molecule has 6 rings (SSSR count). The number of benzene rings is 1. The number of nitrogens with one attached hydrogen (secondary N) is 2. The first-order valence-corrected chi connectivity index (χ1v) is 10.4. The number of para-hydroxylation sites is 2. The second-order valence-corrected chi connectivity index (χ2v) is 8.78. The van der Waals surface area contributed by atoms with E-state index in [0.717, 1.165) is 37.0 Å². The summed E-state index contributed by atoms with van der Waals surface area (Å²) in [5.74, 6) is -0.283. The predicted molar refractivity (Wildman–Crippen MR) is 107 cm³/mol.